The van der Waals surface area contributed by atoms with E-state index in [-0.39, 0.29) is 18.9 Å². The Kier molecular flexibility index (Phi) is 6.58. The molecule has 1 aliphatic heterocycles. The van der Waals surface area contributed by atoms with Crippen LogP contribution in [0, 0.1) is 5.92 Å². The van der Waals surface area contributed by atoms with Crippen molar-refractivity contribution >= 4 is 6.03 Å². The molecule has 0 aromatic heterocycles. The van der Waals surface area contributed by atoms with Gasteiger partial charge in [-0.1, -0.05) is 50.2 Å². The van der Waals surface area contributed by atoms with E-state index in [2.05, 4.69) is 36.6 Å². The smallest absolute Gasteiger partial charge is 0.315 e. The highest BCUT2D eigenvalue weighted by molar-refractivity contribution is 5.74. The van der Waals surface area contributed by atoms with Crippen molar-refractivity contribution in [3.05, 3.63) is 59.7 Å². The molecule has 5 nitrogen and oxygen atoms in total. The summed E-state index contributed by atoms with van der Waals surface area (Å²) in [6, 6.07) is 16.1. The molecule has 0 aliphatic carbocycles. The first-order chi connectivity index (χ1) is 13.1. The van der Waals surface area contributed by atoms with Gasteiger partial charge in [-0.15, -0.1) is 0 Å². The minimum Gasteiger partial charge on any atom is -0.454 e. The van der Waals surface area contributed by atoms with Crippen LogP contribution in [-0.2, 0) is 12.8 Å². The molecule has 2 aromatic rings. The fourth-order valence-electron chi connectivity index (χ4n) is 3.14. The Hall–Kier alpha value is -2.69. The molecule has 1 aliphatic rings. The summed E-state index contributed by atoms with van der Waals surface area (Å²) >= 11 is 0. The van der Waals surface area contributed by atoms with Crippen molar-refractivity contribution in [2.75, 3.05) is 13.3 Å². The number of nitrogens with one attached hydrogen (secondary N) is 2. The Morgan fingerprint density at radius 3 is 2.52 bits per heavy atom. The Balaban J connectivity index is 1.64. The van der Waals surface area contributed by atoms with Crippen LogP contribution in [0.4, 0.5) is 4.79 Å². The first-order valence-corrected chi connectivity index (χ1v) is 9.57. The van der Waals surface area contributed by atoms with E-state index >= 15 is 0 Å². The Morgan fingerprint density at radius 1 is 1.00 bits per heavy atom. The summed E-state index contributed by atoms with van der Waals surface area (Å²) in [5, 5.41) is 6.10. The summed E-state index contributed by atoms with van der Waals surface area (Å²) in [6.45, 7) is 5.25. The summed E-state index contributed by atoms with van der Waals surface area (Å²) in [4.78, 5) is 12.3. The van der Waals surface area contributed by atoms with Gasteiger partial charge in [0.05, 0.1) is 0 Å². The van der Waals surface area contributed by atoms with Gasteiger partial charge >= 0.3 is 6.03 Å². The third-order valence-electron chi connectivity index (χ3n) is 4.59. The molecule has 2 N–H and O–H groups in total. The van der Waals surface area contributed by atoms with Crippen LogP contribution in [-0.4, -0.2) is 25.4 Å². The Bertz CT molecular complexity index is 746. The van der Waals surface area contributed by atoms with Crippen molar-refractivity contribution in [1.29, 1.82) is 0 Å². The maximum Gasteiger partial charge on any atom is 0.315 e. The molecule has 1 atom stereocenters. The van der Waals surface area contributed by atoms with Gasteiger partial charge in [0.15, 0.2) is 11.5 Å². The minimum atomic E-state index is -0.114. The molecule has 27 heavy (non-hydrogen) atoms. The van der Waals surface area contributed by atoms with E-state index in [0.29, 0.717) is 12.5 Å². The largest absolute Gasteiger partial charge is 0.454 e. The van der Waals surface area contributed by atoms with Gasteiger partial charge in [-0.25, -0.2) is 4.79 Å². The fraction of sp³-hybridized carbons (Fsp3) is 0.409. The topological polar surface area (TPSA) is 59.6 Å². The van der Waals surface area contributed by atoms with E-state index in [1.165, 1.54) is 5.56 Å². The normalized spacial score (nSPS) is 13.4. The van der Waals surface area contributed by atoms with Crippen LogP contribution < -0.4 is 20.1 Å². The lowest BCUT2D eigenvalue weighted by atomic mass is 9.98. The van der Waals surface area contributed by atoms with Gasteiger partial charge in [-0.3, -0.25) is 0 Å². The average molecular weight is 368 g/mol. The second-order valence-electron chi connectivity index (χ2n) is 7.36. The van der Waals surface area contributed by atoms with Crippen LogP contribution in [0.3, 0.4) is 0 Å². The van der Waals surface area contributed by atoms with E-state index in [0.717, 1.165) is 36.3 Å². The van der Waals surface area contributed by atoms with Crippen LogP contribution >= 0.6 is 0 Å². The molecule has 1 heterocycles. The number of ether oxygens (including phenoxy) is 2. The van der Waals surface area contributed by atoms with Crippen molar-refractivity contribution in [3.63, 3.8) is 0 Å². The molecular weight excluding hydrogens is 340 g/mol. The summed E-state index contributed by atoms with van der Waals surface area (Å²) in [5.41, 5.74) is 2.31. The number of hydrogen-bond acceptors (Lipinski definition) is 3. The number of rotatable bonds is 8. The van der Waals surface area contributed by atoms with Gasteiger partial charge in [0.1, 0.15) is 0 Å². The Morgan fingerprint density at radius 2 is 1.74 bits per heavy atom. The highest BCUT2D eigenvalue weighted by Crippen LogP contribution is 2.32. The third kappa shape index (κ3) is 5.91. The molecule has 1 unspecified atom stereocenters. The number of hydrogen-bond donors (Lipinski definition) is 2. The van der Waals surface area contributed by atoms with Gasteiger partial charge in [0.2, 0.25) is 6.79 Å². The number of amides is 2. The highest BCUT2D eigenvalue weighted by atomic mass is 16.7. The van der Waals surface area contributed by atoms with Crippen LogP contribution in [0.1, 0.15) is 31.4 Å². The number of urea groups is 1. The van der Waals surface area contributed by atoms with E-state index in [1.807, 2.05) is 36.4 Å². The van der Waals surface area contributed by atoms with E-state index in [4.69, 9.17) is 9.47 Å². The van der Waals surface area contributed by atoms with Crippen LogP contribution in [0.15, 0.2) is 48.5 Å². The summed E-state index contributed by atoms with van der Waals surface area (Å²) < 4.78 is 10.9. The van der Waals surface area contributed by atoms with Gasteiger partial charge in [-0.2, -0.15) is 0 Å². The molecule has 0 bridgehead atoms. The first-order valence-electron chi connectivity index (χ1n) is 9.57. The average Bonchev–Trinajstić information content (AvgIpc) is 3.10. The predicted octanol–water partition coefficient (Wildman–Crippen LogP) is 3.91. The molecule has 144 valence electrons. The molecule has 3 rings (SSSR count). The lowest BCUT2D eigenvalue weighted by Crippen LogP contribution is -2.44. The number of carbonyl (C=O) groups excluding carboxylic acids is 1. The quantitative estimate of drug-likeness (QED) is 0.743. The summed E-state index contributed by atoms with van der Waals surface area (Å²) in [7, 11) is 0. The molecule has 0 saturated heterocycles. The number of fused-ring (bicyclic) bond motifs is 1. The van der Waals surface area contributed by atoms with Crippen molar-refractivity contribution < 1.29 is 14.3 Å². The summed E-state index contributed by atoms with van der Waals surface area (Å²) in [5.74, 6) is 2.11. The van der Waals surface area contributed by atoms with E-state index in [9.17, 15) is 4.79 Å². The fourth-order valence-corrected chi connectivity index (χ4v) is 3.14. The lowest BCUT2D eigenvalue weighted by Gasteiger charge is -2.20. The molecule has 2 amide bonds. The van der Waals surface area contributed by atoms with E-state index in [1.54, 1.807) is 0 Å². The first kappa shape index (κ1) is 19.1. The predicted molar refractivity (Wildman–Crippen MR) is 106 cm³/mol. The minimum absolute atomic E-state index is 0.00757. The highest BCUT2D eigenvalue weighted by Gasteiger charge is 2.17. The number of carbonyl (C=O) groups is 1. The van der Waals surface area contributed by atoms with Crippen molar-refractivity contribution in [2.45, 2.75) is 39.2 Å². The molecule has 2 aromatic carbocycles. The molecular formula is C22H28N2O3. The van der Waals surface area contributed by atoms with Gasteiger partial charge < -0.3 is 20.1 Å². The summed E-state index contributed by atoms with van der Waals surface area (Å²) in [6.07, 6.45) is 2.47. The zero-order valence-corrected chi connectivity index (χ0v) is 16.0. The second kappa shape index (κ2) is 9.31. The maximum atomic E-state index is 12.3. The maximum absolute atomic E-state index is 12.3. The molecule has 5 heteroatoms. The standard InChI is InChI=1S/C22H28N2O3/c1-16(2)10-11-23-22(25)24-19(12-17-6-4-3-5-7-17)13-18-8-9-20-21(14-18)27-15-26-20/h3-9,14,16,19H,10-13,15H2,1-2H3,(H2,23,24,25). The Labute approximate surface area is 161 Å². The zero-order valence-electron chi connectivity index (χ0n) is 16.0. The van der Waals surface area contributed by atoms with E-state index < -0.39 is 0 Å². The monoisotopic (exact) mass is 368 g/mol. The van der Waals surface area contributed by atoms with Gasteiger partial charge in [0, 0.05) is 12.6 Å². The van der Waals surface area contributed by atoms with Gasteiger partial charge in [0.25, 0.3) is 0 Å². The van der Waals surface area contributed by atoms with Gasteiger partial charge in [-0.05, 0) is 48.4 Å². The SMILES string of the molecule is CC(C)CCNC(=O)NC(Cc1ccccc1)Cc1ccc2c(c1)OCO2. The second-order valence-corrected chi connectivity index (χ2v) is 7.36. The van der Waals surface area contributed by atoms with Crippen LogP contribution in [0.5, 0.6) is 11.5 Å². The van der Waals surface area contributed by atoms with Crippen molar-refractivity contribution in [1.82, 2.24) is 10.6 Å². The van der Waals surface area contributed by atoms with Crippen molar-refractivity contribution in [3.8, 4) is 11.5 Å². The molecule has 0 spiro atoms. The lowest BCUT2D eigenvalue weighted by molar-refractivity contribution is 0.174. The molecule has 0 saturated carbocycles. The van der Waals surface area contributed by atoms with Crippen molar-refractivity contribution in [2.24, 2.45) is 5.92 Å². The van der Waals surface area contributed by atoms with Crippen LogP contribution in [0.25, 0.3) is 0 Å². The molecule has 0 radical (unpaired) electrons. The number of benzene rings is 2. The zero-order chi connectivity index (χ0) is 19.1. The molecule has 0 fully saturated rings. The third-order valence-corrected chi connectivity index (χ3v) is 4.59. The van der Waals surface area contributed by atoms with Crippen LogP contribution in [0.2, 0.25) is 0 Å².